The number of sulfonamides is 1. The van der Waals surface area contributed by atoms with E-state index in [9.17, 15) is 13.2 Å². The van der Waals surface area contributed by atoms with Crippen molar-refractivity contribution >= 4 is 21.6 Å². The molecule has 0 bridgehead atoms. The van der Waals surface area contributed by atoms with Crippen LogP contribution in [0, 0.1) is 6.92 Å². The van der Waals surface area contributed by atoms with Gasteiger partial charge in [-0.1, -0.05) is 36.4 Å². The summed E-state index contributed by atoms with van der Waals surface area (Å²) in [6, 6.07) is 21.4. The van der Waals surface area contributed by atoms with Gasteiger partial charge in [0.2, 0.25) is 10.0 Å². The van der Waals surface area contributed by atoms with E-state index in [4.69, 9.17) is 9.47 Å². The van der Waals surface area contributed by atoms with Gasteiger partial charge < -0.3 is 14.8 Å². The molecule has 0 saturated heterocycles. The van der Waals surface area contributed by atoms with Crippen LogP contribution in [0.2, 0.25) is 0 Å². The molecule has 0 saturated carbocycles. The molecule has 0 aliphatic rings. The fourth-order valence-electron chi connectivity index (χ4n) is 3.29. The van der Waals surface area contributed by atoms with Crippen molar-refractivity contribution in [2.75, 3.05) is 30.8 Å². The van der Waals surface area contributed by atoms with Crippen LogP contribution in [0.5, 0.6) is 11.5 Å². The molecule has 33 heavy (non-hydrogen) atoms. The molecule has 1 amide bonds. The normalized spacial score (nSPS) is 11.0. The maximum Gasteiger partial charge on any atom is 0.251 e. The highest BCUT2D eigenvalue weighted by atomic mass is 32.2. The number of ether oxygens (including phenoxy) is 2. The number of nitrogens with one attached hydrogen (secondary N) is 1. The SMILES string of the molecule is COc1ccccc1OCCNC(=O)c1ccc(N(Cc2ccccc2C)S(C)(=O)=O)cc1. The van der Waals surface area contributed by atoms with Crippen LogP contribution in [-0.4, -0.2) is 40.8 Å². The van der Waals surface area contributed by atoms with E-state index in [1.54, 1.807) is 43.5 Å². The Morgan fingerprint density at radius 3 is 2.21 bits per heavy atom. The fraction of sp³-hybridized carbons (Fsp3) is 0.240. The predicted octanol–water partition coefficient (Wildman–Crippen LogP) is 3.78. The second-order valence-corrected chi connectivity index (χ2v) is 9.41. The zero-order chi connectivity index (χ0) is 23.8. The van der Waals surface area contributed by atoms with Gasteiger partial charge in [0.05, 0.1) is 32.1 Å². The molecule has 0 aromatic heterocycles. The predicted molar refractivity (Wildman–Crippen MR) is 129 cm³/mol. The molecule has 174 valence electrons. The van der Waals surface area contributed by atoms with E-state index in [0.29, 0.717) is 29.3 Å². The van der Waals surface area contributed by atoms with Gasteiger partial charge >= 0.3 is 0 Å². The molecule has 0 radical (unpaired) electrons. The van der Waals surface area contributed by atoms with Crippen LogP contribution in [0.15, 0.2) is 72.8 Å². The highest BCUT2D eigenvalue weighted by Crippen LogP contribution is 2.25. The molecule has 0 unspecified atom stereocenters. The maximum atomic E-state index is 12.5. The van der Waals surface area contributed by atoms with Gasteiger partial charge in [-0.2, -0.15) is 0 Å². The molecule has 7 nitrogen and oxygen atoms in total. The number of benzene rings is 3. The van der Waals surface area contributed by atoms with Crippen molar-refractivity contribution in [3.63, 3.8) is 0 Å². The number of hydrogen-bond acceptors (Lipinski definition) is 5. The molecular formula is C25H28N2O5S. The van der Waals surface area contributed by atoms with Crippen molar-refractivity contribution in [2.24, 2.45) is 0 Å². The first kappa shape index (κ1) is 24.1. The molecule has 0 aliphatic carbocycles. The van der Waals surface area contributed by atoms with Crippen LogP contribution >= 0.6 is 0 Å². The van der Waals surface area contributed by atoms with Crippen molar-refractivity contribution in [2.45, 2.75) is 13.5 Å². The van der Waals surface area contributed by atoms with Crippen molar-refractivity contribution in [1.29, 1.82) is 0 Å². The molecular weight excluding hydrogens is 440 g/mol. The second kappa shape index (κ2) is 10.9. The molecule has 0 fully saturated rings. The lowest BCUT2D eigenvalue weighted by Crippen LogP contribution is -2.30. The van der Waals surface area contributed by atoms with Crippen molar-refractivity contribution in [3.05, 3.63) is 89.5 Å². The molecule has 1 N–H and O–H groups in total. The number of carbonyl (C=O) groups excluding carboxylic acids is 1. The van der Waals surface area contributed by atoms with E-state index in [0.717, 1.165) is 11.1 Å². The van der Waals surface area contributed by atoms with E-state index in [1.807, 2.05) is 43.3 Å². The number of methoxy groups -OCH3 is 1. The lowest BCUT2D eigenvalue weighted by molar-refractivity contribution is 0.0947. The van der Waals surface area contributed by atoms with E-state index < -0.39 is 10.0 Å². The molecule has 8 heteroatoms. The van der Waals surface area contributed by atoms with Crippen LogP contribution in [0.1, 0.15) is 21.5 Å². The minimum absolute atomic E-state index is 0.220. The molecule has 3 aromatic rings. The quantitative estimate of drug-likeness (QED) is 0.458. The summed E-state index contributed by atoms with van der Waals surface area (Å²) < 4.78 is 37.1. The molecule has 3 rings (SSSR count). The van der Waals surface area contributed by atoms with Gasteiger partial charge in [-0.05, 0) is 54.4 Å². The first-order valence-corrected chi connectivity index (χ1v) is 12.3. The summed E-state index contributed by atoms with van der Waals surface area (Å²) in [6.45, 7) is 2.75. The third-order valence-electron chi connectivity index (χ3n) is 5.11. The van der Waals surface area contributed by atoms with Crippen molar-refractivity contribution in [3.8, 4) is 11.5 Å². The molecule has 3 aromatic carbocycles. The summed E-state index contributed by atoms with van der Waals surface area (Å²) in [7, 11) is -1.94. The van der Waals surface area contributed by atoms with Crippen LogP contribution in [0.25, 0.3) is 0 Å². The Hall–Kier alpha value is -3.52. The average Bonchev–Trinajstić information content (AvgIpc) is 2.81. The largest absolute Gasteiger partial charge is 0.493 e. The fourth-order valence-corrected chi connectivity index (χ4v) is 4.17. The third kappa shape index (κ3) is 6.49. The number of nitrogens with zero attached hydrogens (tertiary/aromatic N) is 1. The third-order valence-corrected chi connectivity index (χ3v) is 6.25. The minimum atomic E-state index is -3.51. The number of para-hydroxylation sites is 2. The topological polar surface area (TPSA) is 84.9 Å². The van der Waals surface area contributed by atoms with Gasteiger partial charge in [0.15, 0.2) is 11.5 Å². The molecule has 0 spiro atoms. The van der Waals surface area contributed by atoms with E-state index in [1.165, 1.54) is 10.6 Å². The average molecular weight is 469 g/mol. The summed E-state index contributed by atoms with van der Waals surface area (Å²) in [4.78, 5) is 12.5. The monoisotopic (exact) mass is 468 g/mol. The Balaban J connectivity index is 1.61. The summed E-state index contributed by atoms with van der Waals surface area (Å²) >= 11 is 0. The second-order valence-electron chi connectivity index (χ2n) is 7.50. The van der Waals surface area contributed by atoms with Gasteiger partial charge in [0, 0.05) is 5.56 Å². The van der Waals surface area contributed by atoms with Crippen LogP contribution < -0.4 is 19.1 Å². The van der Waals surface area contributed by atoms with Crippen molar-refractivity contribution in [1.82, 2.24) is 5.32 Å². The van der Waals surface area contributed by atoms with Gasteiger partial charge in [-0.25, -0.2) is 8.42 Å². The number of rotatable bonds is 10. The number of carbonyl (C=O) groups is 1. The van der Waals surface area contributed by atoms with E-state index >= 15 is 0 Å². The highest BCUT2D eigenvalue weighted by molar-refractivity contribution is 7.92. The Labute approximate surface area is 195 Å². The zero-order valence-electron chi connectivity index (χ0n) is 18.9. The Bertz CT molecular complexity index is 1190. The Morgan fingerprint density at radius 1 is 0.939 bits per heavy atom. The maximum absolute atomic E-state index is 12.5. The van der Waals surface area contributed by atoms with Crippen LogP contribution in [0.4, 0.5) is 5.69 Å². The number of aryl methyl sites for hydroxylation is 1. The number of amides is 1. The molecule has 0 atom stereocenters. The molecule has 0 heterocycles. The van der Waals surface area contributed by atoms with Crippen molar-refractivity contribution < 1.29 is 22.7 Å². The van der Waals surface area contributed by atoms with Crippen LogP contribution in [0.3, 0.4) is 0 Å². The Kier molecular flexibility index (Phi) is 7.95. The van der Waals surface area contributed by atoms with Gasteiger partial charge in [0.25, 0.3) is 5.91 Å². The Morgan fingerprint density at radius 2 is 1.58 bits per heavy atom. The number of anilines is 1. The van der Waals surface area contributed by atoms with E-state index in [2.05, 4.69) is 5.32 Å². The first-order valence-electron chi connectivity index (χ1n) is 10.5. The van der Waals surface area contributed by atoms with E-state index in [-0.39, 0.29) is 19.1 Å². The van der Waals surface area contributed by atoms with Gasteiger partial charge in [-0.3, -0.25) is 9.10 Å². The smallest absolute Gasteiger partial charge is 0.251 e. The lowest BCUT2D eigenvalue weighted by atomic mass is 10.1. The van der Waals surface area contributed by atoms with Gasteiger partial charge in [0.1, 0.15) is 6.61 Å². The lowest BCUT2D eigenvalue weighted by Gasteiger charge is -2.23. The minimum Gasteiger partial charge on any atom is -0.493 e. The standard InChI is InChI=1S/C25H28N2O5S/c1-19-8-4-5-9-21(19)18-27(33(3,29)30)22-14-12-20(13-15-22)25(28)26-16-17-32-24-11-7-6-10-23(24)31-2/h4-15H,16-18H2,1-3H3,(H,26,28). The first-order chi connectivity index (χ1) is 15.8. The molecule has 0 aliphatic heterocycles. The summed E-state index contributed by atoms with van der Waals surface area (Å²) in [5.41, 5.74) is 2.86. The summed E-state index contributed by atoms with van der Waals surface area (Å²) in [5.74, 6) is 0.962. The van der Waals surface area contributed by atoms with Crippen LogP contribution in [-0.2, 0) is 16.6 Å². The summed E-state index contributed by atoms with van der Waals surface area (Å²) in [5, 5.41) is 2.80. The number of hydrogen-bond donors (Lipinski definition) is 1. The highest BCUT2D eigenvalue weighted by Gasteiger charge is 2.19. The van der Waals surface area contributed by atoms with Gasteiger partial charge in [-0.15, -0.1) is 0 Å². The summed E-state index contributed by atoms with van der Waals surface area (Å²) in [6.07, 6.45) is 1.17. The zero-order valence-corrected chi connectivity index (χ0v) is 19.8.